The molecule has 5 rings (SSSR count). The lowest BCUT2D eigenvalue weighted by atomic mass is 9.68. The molecule has 1 heteroatoms. The molecule has 2 atom stereocenters. The molecule has 0 amide bonds. The monoisotopic (exact) mass is 426 g/mol. The Morgan fingerprint density at radius 1 is 0.667 bits per heavy atom. The molecule has 4 aromatic rings. The van der Waals surface area contributed by atoms with E-state index in [2.05, 4.69) is 67.2 Å². The molecule has 1 aliphatic carbocycles. The second-order valence-corrected chi connectivity index (χ2v) is 8.49. The fourth-order valence-corrected chi connectivity index (χ4v) is 5.32. The lowest BCUT2D eigenvalue weighted by Crippen LogP contribution is -2.35. The van der Waals surface area contributed by atoms with Crippen LogP contribution in [0.2, 0.25) is 0 Å². The fraction of sp³-hybridized carbons (Fsp3) is 0.0938. The van der Waals surface area contributed by atoms with Crippen LogP contribution in [0.4, 0.5) is 0 Å². The third kappa shape index (κ3) is 3.47. The molecule has 0 spiro atoms. The topological polar surface area (TPSA) is 17.1 Å². The molecule has 0 fully saturated rings. The van der Waals surface area contributed by atoms with Crippen molar-refractivity contribution in [3.05, 3.63) is 156 Å². The number of allylic oxidation sites excluding steroid dienone is 3. The van der Waals surface area contributed by atoms with Gasteiger partial charge in [-0.3, -0.25) is 4.79 Å². The van der Waals surface area contributed by atoms with Crippen molar-refractivity contribution in [3.8, 4) is 0 Å². The van der Waals surface area contributed by atoms with E-state index in [4.69, 9.17) is 0 Å². The first kappa shape index (κ1) is 20.9. The average Bonchev–Trinajstić information content (AvgIpc) is 3.15. The molecule has 4 aromatic carbocycles. The molecule has 0 bridgehead atoms. The maximum absolute atomic E-state index is 14.7. The van der Waals surface area contributed by atoms with Gasteiger partial charge in [-0.2, -0.15) is 0 Å². The third-order valence-electron chi connectivity index (χ3n) is 6.66. The largest absolute Gasteiger partial charge is 0.297 e. The summed E-state index contributed by atoms with van der Waals surface area (Å²) >= 11 is 0. The summed E-state index contributed by atoms with van der Waals surface area (Å²) < 4.78 is 0. The summed E-state index contributed by atoms with van der Waals surface area (Å²) in [5.74, 6) is -0.151. The van der Waals surface area contributed by atoms with Gasteiger partial charge in [0.05, 0.1) is 11.3 Å². The minimum Gasteiger partial charge on any atom is -0.297 e. The highest BCUT2D eigenvalue weighted by atomic mass is 16.1. The highest BCUT2D eigenvalue weighted by Gasteiger charge is 2.54. The van der Waals surface area contributed by atoms with Crippen LogP contribution in [0.3, 0.4) is 0 Å². The van der Waals surface area contributed by atoms with Crippen LogP contribution in [0.15, 0.2) is 134 Å². The van der Waals surface area contributed by atoms with Gasteiger partial charge in [-0.25, -0.2) is 0 Å². The predicted octanol–water partition coefficient (Wildman–Crippen LogP) is 7.48. The molecule has 33 heavy (non-hydrogen) atoms. The van der Waals surface area contributed by atoms with Crippen molar-refractivity contribution < 1.29 is 4.79 Å². The van der Waals surface area contributed by atoms with Crippen LogP contribution in [-0.2, 0) is 10.2 Å². The summed E-state index contributed by atoms with van der Waals surface area (Å²) in [4.78, 5) is 14.7. The molecular formula is C32H26O. The molecule has 1 aliphatic rings. The van der Waals surface area contributed by atoms with Crippen molar-refractivity contribution >= 4 is 16.9 Å². The number of benzene rings is 4. The van der Waals surface area contributed by atoms with E-state index in [0.717, 1.165) is 33.4 Å². The Kier molecular flexibility index (Phi) is 5.62. The van der Waals surface area contributed by atoms with Gasteiger partial charge in [0.2, 0.25) is 0 Å². The van der Waals surface area contributed by atoms with Gasteiger partial charge < -0.3 is 0 Å². The lowest BCUT2D eigenvalue weighted by Gasteiger charge is -2.32. The number of rotatable bonds is 6. The molecule has 2 unspecified atom stereocenters. The summed E-state index contributed by atoms with van der Waals surface area (Å²) in [5, 5.41) is 0. The van der Waals surface area contributed by atoms with Crippen LogP contribution in [-0.4, -0.2) is 5.78 Å². The minimum absolute atomic E-state index is 0.206. The zero-order chi connectivity index (χ0) is 22.7. The number of hydrogen-bond donors (Lipinski definition) is 0. The van der Waals surface area contributed by atoms with Gasteiger partial charge in [0.15, 0.2) is 5.78 Å². The smallest absolute Gasteiger partial charge is 0.159 e. The Morgan fingerprint density at radius 3 is 1.70 bits per heavy atom. The number of Topliss-reactive ketones (excluding diaryl/α,β-unsaturated/α-hetero) is 1. The second kappa shape index (κ2) is 8.88. The van der Waals surface area contributed by atoms with Gasteiger partial charge in [-0.1, -0.05) is 127 Å². The Bertz CT molecular complexity index is 1290. The first-order valence-electron chi connectivity index (χ1n) is 11.4. The van der Waals surface area contributed by atoms with E-state index in [1.165, 1.54) is 0 Å². The number of carbonyl (C=O) groups excluding carboxylic acids is 1. The van der Waals surface area contributed by atoms with Crippen LogP contribution >= 0.6 is 0 Å². The Labute approximate surface area is 195 Å². The summed E-state index contributed by atoms with van der Waals surface area (Å²) in [6.07, 6.45) is 2.43. The number of hydrogen-bond acceptors (Lipinski definition) is 1. The second-order valence-electron chi connectivity index (χ2n) is 8.49. The molecule has 0 aromatic heterocycles. The van der Waals surface area contributed by atoms with Crippen LogP contribution in [0.25, 0.3) is 11.1 Å². The summed E-state index contributed by atoms with van der Waals surface area (Å²) in [6.45, 7) is 4.08. The highest BCUT2D eigenvalue weighted by molar-refractivity contribution is 6.24. The van der Waals surface area contributed by atoms with E-state index in [1.54, 1.807) is 0 Å². The van der Waals surface area contributed by atoms with Gasteiger partial charge in [-0.05, 0) is 39.8 Å². The fourth-order valence-electron chi connectivity index (χ4n) is 5.32. The molecule has 1 nitrogen and oxygen atoms in total. The number of carbonyl (C=O) groups is 1. The SMILES string of the molecule is C=CCC1(c2ccccc2)C(=O)C(c2ccccc2)C(c2ccccc2)=C1c1ccccc1. The highest BCUT2D eigenvalue weighted by Crippen LogP contribution is 2.58. The molecule has 0 saturated carbocycles. The summed E-state index contributed by atoms with van der Waals surface area (Å²) in [6, 6.07) is 41.1. The first-order chi connectivity index (χ1) is 16.3. The average molecular weight is 427 g/mol. The molecule has 160 valence electrons. The van der Waals surface area contributed by atoms with E-state index in [0.29, 0.717) is 6.42 Å². The van der Waals surface area contributed by atoms with Gasteiger partial charge in [0.1, 0.15) is 0 Å². The van der Waals surface area contributed by atoms with Crippen molar-refractivity contribution in [1.82, 2.24) is 0 Å². The van der Waals surface area contributed by atoms with Gasteiger partial charge in [0, 0.05) is 0 Å². The zero-order valence-corrected chi connectivity index (χ0v) is 18.5. The predicted molar refractivity (Wildman–Crippen MR) is 137 cm³/mol. The number of ketones is 1. The molecule has 0 radical (unpaired) electrons. The van der Waals surface area contributed by atoms with Crippen molar-refractivity contribution in [1.29, 1.82) is 0 Å². The van der Waals surface area contributed by atoms with Crippen LogP contribution in [0.5, 0.6) is 0 Å². The standard InChI is InChI=1S/C32H26O/c1-2-23-32(27-21-13-6-14-22-27)30(26-19-11-5-12-20-26)28(24-15-7-3-8-16-24)29(31(32)33)25-17-9-4-10-18-25/h2-22,29H,1,23H2. The zero-order valence-electron chi connectivity index (χ0n) is 18.5. The van der Waals surface area contributed by atoms with E-state index in [-0.39, 0.29) is 11.7 Å². The Balaban J connectivity index is 1.93. The summed E-state index contributed by atoms with van der Waals surface area (Å²) in [7, 11) is 0. The van der Waals surface area contributed by atoms with Crippen molar-refractivity contribution in [2.45, 2.75) is 17.8 Å². The molecule has 0 heterocycles. The quantitative estimate of drug-likeness (QED) is 0.292. The van der Waals surface area contributed by atoms with Gasteiger partial charge in [0.25, 0.3) is 0 Å². The van der Waals surface area contributed by atoms with Crippen LogP contribution < -0.4 is 0 Å². The van der Waals surface area contributed by atoms with E-state index >= 15 is 0 Å². The molecule has 0 saturated heterocycles. The summed E-state index contributed by atoms with van der Waals surface area (Å²) in [5.41, 5.74) is 5.56. The van der Waals surface area contributed by atoms with Crippen molar-refractivity contribution in [3.63, 3.8) is 0 Å². The van der Waals surface area contributed by atoms with Gasteiger partial charge in [-0.15, -0.1) is 6.58 Å². The molecule has 0 N–H and O–H groups in total. The Morgan fingerprint density at radius 2 is 1.15 bits per heavy atom. The lowest BCUT2D eigenvalue weighted by molar-refractivity contribution is -0.122. The van der Waals surface area contributed by atoms with Crippen molar-refractivity contribution in [2.24, 2.45) is 0 Å². The molecule has 0 aliphatic heterocycles. The van der Waals surface area contributed by atoms with Crippen LogP contribution in [0.1, 0.15) is 34.6 Å². The first-order valence-corrected chi connectivity index (χ1v) is 11.4. The maximum atomic E-state index is 14.7. The Hall–Kier alpha value is -3.97. The third-order valence-corrected chi connectivity index (χ3v) is 6.66. The molecular weight excluding hydrogens is 400 g/mol. The van der Waals surface area contributed by atoms with E-state index in [1.807, 2.05) is 66.7 Å². The minimum atomic E-state index is -0.809. The van der Waals surface area contributed by atoms with Crippen LogP contribution in [0, 0.1) is 0 Å². The maximum Gasteiger partial charge on any atom is 0.159 e. The van der Waals surface area contributed by atoms with E-state index in [9.17, 15) is 4.79 Å². The van der Waals surface area contributed by atoms with Crippen molar-refractivity contribution in [2.75, 3.05) is 0 Å². The normalized spacial score (nSPS) is 20.1. The van der Waals surface area contributed by atoms with E-state index < -0.39 is 5.41 Å². The van der Waals surface area contributed by atoms with Gasteiger partial charge >= 0.3 is 0 Å².